The van der Waals surface area contributed by atoms with Gasteiger partial charge < -0.3 is 5.32 Å². The first-order valence-electron chi connectivity index (χ1n) is 7.66. The van der Waals surface area contributed by atoms with Gasteiger partial charge in [-0.05, 0) is 55.7 Å². The molecular formula is C17H23NO. The molecule has 2 aliphatic rings. The Labute approximate surface area is 115 Å². The van der Waals surface area contributed by atoms with Gasteiger partial charge in [0.1, 0.15) is 5.78 Å². The largest absolute Gasteiger partial charge is 0.316 e. The van der Waals surface area contributed by atoms with Gasteiger partial charge in [0.05, 0.1) is 0 Å². The van der Waals surface area contributed by atoms with Crippen LogP contribution in [0.15, 0.2) is 24.3 Å². The van der Waals surface area contributed by atoms with E-state index in [1.807, 2.05) is 0 Å². The summed E-state index contributed by atoms with van der Waals surface area (Å²) in [5.74, 6) is 1.22. The van der Waals surface area contributed by atoms with Crippen LogP contribution in [0.3, 0.4) is 0 Å². The summed E-state index contributed by atoms with van der Waals surface area (Å²) in [5, 5.41) is 3.35. The molecule has 102 valence electrons. The summed E-state index contributed by atoms with van der Waals surface area (Å²) in [6.45, 7) is 1.98. The van der Waals surface area contributed by atoms with Crippen LogP contribution in [0, 0.1) is 5.92 Å². The topological polar surface area (TPSA) is 29.1 Å². The van der Waals surface area contributed by atoms with Crippen molar-refractivity contribution in [2.24, 2.45) is 5.92 Å². The van der Waals surface area contributed by atoms with Crippen molar-refractivity contribution in [1.82, 2.24) is 5.32 Å². The minimum atomic E-state index is 0.267. The lowest BCUT2D eigenvalue weighted by atomic mass is 9.78. The summed E-state index contributed by atoms with van der Waals surface area (Å²) in [5.41, 5.74) is 2.90. The van der Waals surface area contributed by atoms with Crippen LogP contribution in [0.25, 0.3) is 0 Å². The van der Waals surface area contributed by atoms with Gasteiger partial charge in [0.25, 0.3) is 0 Å². The lowest BCUT2D eigenvalue weighted by Crippen LogP contribution is -2.35. The fourth-order valence-electron chi connectivity index (χ4n) is 3.60. The molecule has 0 saturated carbocycles. The Kier molecular flexibility index (Phi) is 3.97. The normalized spacial score (nSPS) is 26.7. The van der Waals surface area contributed by atoms with Crippen molar-refractivity contribution in [2.75, 3.05) is 13.1 Å². The summed E-state index contributed by atoms with van der Waals surface area (Å²) in [6.07, 6.45) is 6.59. The third-order valence-corrected chi connectivity index (χ3v) is 4.69. The molecule has 1 aliphatic carbocycles. The van der Waals surface area contributed by atoms with Crippen molar-refractivity contribution in [3.05, 3.63) is 35.4 Å². The van der Waals surface area contributed by atoms with Crippen LogP contribution < -0.4 is 5.32 Å². The molecule has 2 heteroatoms. The average Bonchev–Trinajstić information content (AvgIpc) is 2.48. The second-order valence-electron chi connectivity index (χ2n) is 6.00. The van der Waals surface area contributed by atoms with Crippen LogP contribution in [-0.4, -0.2) is 18.9 Å². The molecular weight excluding hydrogens is 234 g/mol. The molecule has 1 aromatic carbocycles. The van der Waals surface area contributed by atoms with E-state index in [0.717, 1.165) is 32.4 Å². The summed E-state index contributed by atoms with van der Waals surface area (Å²) < 4.78 is 0. The van der Waals surface area contributed by atoms with Crippen LogP contribution in [0.5, 0.6) is 0 Å². The first kappa shape index (κ1) is 12.9. The predicted octanol–water partition coefficient (Wildman–Crippen LogP) is 3.07. The standard InChI is InChI=1S/C17H23NO/c19-17(15-8-4-10-18-12-15)11-14-7-3-6-13-5-1-2-9-16(13)14/h1-2,5,9,14-15,18H,3-4,6-8,10-12H2. The number of piperidine rings is 1. The molecule has 1 saturated heterocycles. The van der Waals surface area contributed by atoms with E-state index in [0.29, 0.717) is 11.7 Å². The number of carbonyl (C=O) groups excluding carboxylic acids is 1. The molecule has 3 rings (SSSR count). The average molecular weight is 257 g/mol. The third-order valence-electron chi connectivity index (χ3n) is 4.69. The quantitative estimate of drug-likeness (QED) is 0.901. The fraction of sp³-hybridized carbons (Fsp3) is 0.588. The first-order valence-corrected chi connectivity index (χ1v) is 7.66. The van der Waals surface area contributed by atoms with Gasteiger partial charge in [-0.3, -0.25) is 4.79 Å². The third kappa shape index (κ3) is 2.89. The molecule has 0 bridgehead atoms. The molecule has 0 amide bonds. The molecule has 1 heterocycles. The number of benzene rings is 1. The zero-order chi connectivity index (χ0) is 13.1. The maximum absolute atomic E-state index is 12.4. The molecule has 1 N–H and O–H groups in total. The van der Waals surface area contributed by atoms with Gasteiger partial charge in [0, 0.05) is 18.9 Å². The first-order chi connectivity index (χ1) is 9.34. The molecule has 0 spiro atoms. The van der Waals surface area contributed by atoms with Gasteiger partial charge in [-0.15, -0.1) is 0 Å². The van der Waals surface area contributed by atoms with Gasteiger partial charge in [-0.2, -0.15) is 0 Å². The zero-order valence-corrected chi connectivity index (χ0v) is 11.5. The fourth-order valence-corrected chi connectivity index (χ4v) is 3.60. The van der Waals surface area contributed by atoms with Crippen LogP contribution in [0.1, 0.15) is 49.1 Å². The van der Waals surface area contributed by atoms with Gasteiger partial charge in [0.2, 0.25) is 0 Å². The van der Waals surface area contributed by atoms with Gasteiger partial charge in [-0.1, -0.05) is 24.3 Å². The summed E-state index contributed by atoms with van der Waals surface area (Å²) in [6, 6.07) is 8.69. The van der Waals surface area contributed by atoms with Crippen molar-refractivity contribution in [3.63, 3.8) is 0 Å². The Balaban J connectivity index is 1.68. The number of aryl methyl sites for hydroxylation is 1. The number of fused-ring (bicyclic) bond motifs is 1. The Morgan fingerprint density at radius 3 is 2.95 bits per heavy atom. The lowest BCUT2D eigenvalue weighted by Gasteiger charge is -2.28. The van der Waals surface area contributed by atoms with Crippen LogP contribution in [0.2, 0.25) is 0 Å². The van der Waals surface area contributed by atoms with Crippen molar-refractivity contribution in [1.29, 1.82) is 0 Å². The molecule has 1 aromatic rings. The summed E-state index contributed by atoms with van der Waals surface area (Å²) in [7, 11) is 0. The Morgan fingerprint density at radius 1 is 1.21 bits per heavy atom. The molecule has 0 radical (unpaired) electrons. The van der Waals surface area contributed by atoms with E-state index in [4.69, 9.17) is 0 Å². The second kappa shape index (κ2) is 5.87. The van der Waals surface area contributed by atoms with E-state index < -0.39 is 0 Å². The Hall–Kier alpha value is -1.15. The smallest absolute Gasteiger partial charge is 0.137 e. The van der Waals surface area contributed by atoms with Crippen molar-refractivity contribution < 1.29 is 4.79 Å². The molecule has 2 unspecified atom stereocenters. The Morgan fingerprint density at radius 2 is 2.11 bits per heavy atom. The van der Waals surface area contributed by atoms with Crippen molar-refractivity contribution >= 4 is 5.78 Å². The van der Waals surface area contributed by atoms with Crippen molar-refractivity contribution in [2.45, 2.75) is 44.4 Å². The number of carbonyl (C=O) groups is 1. The number of ketones is 1. The highest BCUT2D eigenvalue weighted by atomic mass is 16.1. The molecule has 1 fully saturated rings. The van der Waals surface area contributed by atoms with E-state index in [1.54, 1.807) is 0 Å². The Bertz CT molecular complexity index is 448. The maximum atomic E-state index is 12.4. The van der Waals surface area contributed by atoms with E-state index >= 15 is 0 Å². The number of hydrogen-bond acceptors (Lipinski definition) is 2. The van der Waals surface area contributed by atoms with Crippen LogP contribution in [0.4, 0.5) is 0 Å². The predicted molar refractivity (Wildman–Crippen MR) is 77.3 cm³/mol. The maximum Gasteiger partial charge on any atom is 0.137 e. The molecule has 19 heavy (non-hydrogen) atoms. The number of Topliss-reactive ketones (excluding diaryl/α,β-unsaturated/α-hetero) is 1. The van der Waals surface area contributed by atoms with E-state index in [-0.39, 0.29) is 5.92 Å². The van der Waals surface area contributed by atoms with E-state index in [9.17, 15) is 4.79 Å². The highest BCUT2D eigenvalue weighted by Crippen LogP contribution is 2.35. The number of hydrogen-bond donors (Lipinski definition) is 1. The lowest BCUT2D eigenvalue weighted by molar-refractivity contribution is -0.123. The van der Waals surface area contributed by atoms with Gasteiger partial charge in [-0.25, -0.2) is 0 Å². The summed E-state index contributed by atoms with van der Waals surface area (Å²) in [4.78, 5) is 12.4. The van der Waals surface area contributed by atoms with Crippen molar-refractivity contribution in [3.8, 4) is 0 Å². The van der Waals surface area contributed by atoms with Crippen LogP contribution >= 0.6 is 0 Å². The minimum absolute atomic E-state index is 0.267. The van der Waals surface area contributed by atoms with Gasteiger partial charge >= 0.3 is 0 Å². The molecule has 2 atom stereocenters. The zero-order valence-electron chi connectivity index (χ0n) is 11.5. The molecule has 0 aromatic heterocycles. The minimum Gasteiger partial charge on any atom is -0.316 e. The molecule has 1 aliphatic heterocycles. The van der Waals surface area contributed by atoms with Gasteiger partial charge in [0.15, 0.2) is 0 Å². The monoisotopic (exact) mass is 257 g/mol. The highest BCUT2D eigenvalue weighted by molar-refractivity contribution is 5.82. The van der Waals surface area contributed by atoms with Crippen LogP contribution in [-0.2, 0) is 11.2 Å². The van der Waals surface area contributed by atoms with E-state index in [1.165, 1.54) is 30.4 Å². The second-order valence-corrected chi connectivity index (χ2v) is 6.00. The number of rotatable bonds is 3. The summed E-state index contributed by atoms with van der Waals surface area (Å²) >= 11 is 0. The number of nitrogens with one attached hydrogen (secondary N) is 1. The van der Waals surface area contributed by atoms with E-state index in [2.05, 4.69) is 29.6 Å². The SMILES string of the molecule is O=C(CC1CCCc2ccccc21)C1CCCNC1. The highest BCUT2D eigenvalue weighted by Gasteiger charge is 2.26. The molecule has 2 nitrogen and oxygen atoms in total.